The highest BCUT2D eigenvalue weighted by atomic mass is 79.9. The standard InChI is InChI=1S/C7H7Br2NO2/c1-2-12-7(11)5-3-4(8)6(9)10-5/h3,10H,2H2,1H3. The van der Waals surface area contributed by atoms with Gasteiger partial charge in [-0.15, -0.1) is 0 Å². The van der Waals surface area contributed by atoms with Gasteiger partial charge in [0.15, 0.2) is 0 Å². The lowest BCUT2D eigenvalue weighted by atomic mass is 10.4. The fraction of sp³-hybridized carbons (Fsp3) is 0.286. The highest BCUT2D eigenvalue weighted by Crippen LogP contribution is 2.23. The molecule has 1 rings (SSSR count). The number of aromatic amines is 1. The second-order valence-electron chi connectivity index (χ2n) is 2.07. The van der Waals surface area contributed by atoms with Crippen molar-refractivity contribution in [3.05, 3.63) is 20.8 Å². The zero-order chi connectivity index (χ0) is 9.14. The van der Waals surface area contributed by atoms with Crippen LogP contribution in [0.2, 0.25) is 0 Å². The van der Waals surface area contributed by atoms with Gasteiger partial charge in [-0.25, -0.2) is 4.79 Å². The topological polar surface area (TPSA) is 42.1 Å². The molecule has 5 heteroatoms. The zero-order valence-corrected chi connectivity index (χ0v) is 9.53. The van der Waals surface area contributed by atoms with Crippen LogP contribution < -0.4 is 0 Å². The fourth-order valence-corrected chi connectivity index (χ4v) is 1.38. The van der Waals surface area contributed by atoms with Crippen molar-refractivity contribution < 1.29 is 9.53 Å². The summed E-state index contributed by atoms with van der Waals surface area (Å²) in [4.78, 5) is 13.9. The van der Waals surface area contributed by atoms with Crippen molar-refractivity contribution in [2.75, 3.05) is 6.61 Å². The van der Waals surface area contributed by atoms with E-state index in [1.807, 2.05) is 0 Å². The van der Waals surface area contributed by atoms with Crippen molar-refractivity contribution in [3.63, 3.8) is 0 Å². The molecule has 3 nitrogen and oxygen atoms in total. The summed E-state index contributed by atoms with van der Waals surface area (Å²) < 4.78 is 6.34. The molecule has 0 radical (unpaired) electrons. The Hall–Kier alpha value is -0.290. The lowest BCUT2D eigenvalue weighted by Crippen LogP contribution is -2.04. The zero-order valence-electron chi connectivity index (χ0n) is 6.36. The number of carbonyl (C=O) groups is 1. The van der Waals surface area contributed by atoms with E-state index in [-0.39, 0.29) is 5.97 Å². The largest absolute Gasteiger partial charge is 0.461 e. The molecule has 0 bridgehead atoms. The molecule has 1 aromatic heterocycles. The second-order valence-corrected chi connectivity index (χ2v) is 3.71. The second kappa shape index (κ2) is 4.09. The van der Waals surface area contributed by atoms with Crippen molar-refractivity contribution in [2.24, 2.45) is 0 Å². The Labute approximate surface area is 86.7 Å². The number of rotatable bonds is 2. The van der Waals surface area contributed by atoms with Crippen LogP contribution >= 0.6 is 31.9 Å². The van der Waals surface area contributed by atoms with E-state index in [1.54, 1.807) is 13.0 Å². The van der Waals surface area contributed by atoms with Gasteiger partial charge in [-0.2, -0.15) is 0 Å². The van der Waals surface area contributed by atoms with Gasteiger partial charge in [0, 0.05) is 0 Å². The summed E-state index contributed by atoms with van der Waals surface area (Å²) in [7, 11) is 0. The van der Waals surface area contributed by atoms with Crippen LogP contribution in [0.15, 0.2) is 15.1 Å². The molecule has 0 amide bonds. The summed E-state index contributed by atoms with van der Waals surface area (Å²) in [6.45, 7) is 2.15. The molecule has 1 aromatic rings. The first-order chi connectivity index (χ1) is 5.65. The van der Waals surface area contributed by atoms with Crippen LogP contribution in [0, 0.1) is 0 Å². The average molecular weight is 297 g/mol. The molecular formula is C7H7Br2NO2. The Morgan fingerprint density at radius 2 is 2.33 bits per heavy atom. The number of H-pyrrole nitrogens is 1. The number of aromatic nitrogens is 1. The van der Waals surface area contributed by atoms with E-state index in [2.05, 4.69) is 36.8 Å². The van der Waals surface area contributed by atoms with E-state index in [0.29, 0.717) is 12.3 Å². The molecular weight excluding hydrogens is 290 g/mol. The van der Waals surface area contributed by atoms with Crippen LogP contribution in [0.3, 0.4) is 0 Å². The smallest absolute Gasteiger partial charge is 0.354 e. The van der Waals surface area contributed by atoms with Gasteiger partial charge in [0.2, 0.25) is 0 Å². The molecule has 0 aromatic carbocycles. The number of halogens is 2. The van der Waals surface area contributed by atoms with Gasteiger partial charge in [-0.3, -0.25) is 0 Å². The average Bonchev–Trinajstić information content (AvgIpc) is 2.33. The first kappa shape index (κ1) is 9.80. The molecule has 0 unspecified atom stereocenters. The van der Waals surface area contributed by atoms with Gasteiger partial charge < -0.3 is 9.72 Å². The van der Waals surface area contributed by atoms with Gasteiger partial charge in [-0.1, -0.05) is 0 Å². The molecule has 0 spiro atoms. The maximum absolute atomic E-state index is 11.1. The van der Waals surface area contributed by atoms with E-state index < -0.39 is 0 Å². The Morgan fingerprint density at radius 1 is 1.67 bits per heavy atom. The van der Waals surface area contributed by atoms with Crippen LogP contribution in [0.4, 0.5) is 0 Å². The number of nitrogens with one attached hydrogen (secondary N) is 1. The Morgan fingerprint density at radius 3 is 2.75 bits per heavy atom. The van der Waals surface area contributed by atoms with Crippen LogP contribution in [-0.2, 0) is 4.74 Å². The van der Waals surface area contributed by atoms with Crippen LogP contribution in [0.5, 0.6) is 0 Å². The lowest BCUT2D eigenvalue weighted by Gasteiger charge is -1.96. The molecule has 0 saturated carbocycles. The Kier molecular flexibility index (Phi) is 3.34. The molecule has 0 atom stereocenters. The SMILES string of the molecule is CCOC(=O)c1cc(Br)c(Br)[nH]1. The maximum Gasteiger partial charge on any atom is 0.354 e. The van der Waals surface area contributed by atoms with E-state index in [4.69, 9.17) is 4.74 Å². The number of esters is 1. The molecule has 66 valence electrons. The first-order valence-corrected chi connectivity index (χ1v) is 4.95. The molecule has 0 fully saturated rings. The summed E-state index contributed by atoms with van der Waals surface area (Å²) in [6.07, 6.45) is 0. The van der Waals surface area contributed by atoms with Crippen LogP contribution in [-0.4, -0.2) is 17.6 Å². The molecule has 12 heavy (non-hydrogen) atoms. The van der Waals surface area contributed by atoms with Crippen LogP contribution in [0.1, 0.15) is 17.4 Å². The predicted molar refractivity (Wildman–Crippen MR) is 52.1 cm³/mol. The molecule has 1 heterocycles. The van der Waals surface area contributed by atoms with Gasteiger partial charge in [0.1, 0.15) is 5.69 Å². The third-order valence-electron chi connectivity index (χ3n) is 1.22. The van der Waals surface area contributed by atoms with Crippen molar-refractivity contribution in [1.29, 1.82) is 0 Å². The summed E-state index contributed by atoms with van der Waals surface area (Å²) in [5, 5.41) is 0. The first-order valence-electron chi connectivity index (χ1n) is 3.36. The van der Waals surface area contributed by atoms with E-state index >= 15 is 0 Å². The maximum atomic E-state index is 11.1. The van der Waals surface area contributed by atoms with Crippen molar-refractivity contribution in [1.82, 2.24) is 4.98 Å². The highest BCUT2D eigenvalue weighted by molar-refractivity contribution is 9.13. The van der Waals surface area contributed by atoms with Gasteiger partial charge >= 0.3 is 5.97 Å². The molecule has 0 aliphatic heterocycles. The third kappa shape index (κ3) is 2.10. The summed E-state index contributed by atoms with van der Waals surface area (Å²) in [5.74, 6) is -0.344. The molecule has 0 saturated heterocycles. The number of hydrogen-bond donors (Lipinski definition) is 1. The minimum Gasteiger partial charge on any atom is -0.461 e. The van der Waals surface area contributed by atoms with Crippen molar-refractivity contribution in [2.45, 2.75) is 6.92 Å². The Bertz CT molecular complexity index is 276. The third-order valence-corrected chi connectivity index (χ3v) is 3.00. The van der Waals surface area contributed by atoms with Crippen molar-refractivity contribution >= 4 is 37.8 Å². The summed E-state index contributed by atoms with van der Waals surface area (Å²) >= 11 is 6.47. The molecule has 1 N–H and O–H groups in total. The molecule has 0 aliphatic rings. The van der Waals surface area contributed by atoms with Gasteiger partial charge in [0.05, 0.1) is 15.7 Å². The van der Waals surface area contributed by atoms with Gasteiger partial charge in [-0.05, 0) is 44.8 Å². The van der Waals surface area contributed by atoms with Gasteiger partial charge in [0.25, 0.3) is 0 Å². The van der Waals surface area contributed by atoms with Crippen LogP contribution in [0.25, 0.3) is 0 Å². The molecule has 0 aliphatic carbocycles. The van der Waals surface area contributed by atoms with E-state index in [0.717, 1.165) is 9.08 Å². The number of hydrogen-bond acceptors (Lipinski definition) is 2. The van der Waals surface area contributed by atoms with E-state index in [1.165, 1.54) is 0 Å². The van der Waals surface area contributed by atoms with Crippen molar-refractivity contribution in [3.8, 4) is 0 Å². The fourth-order valence-electron chi connectivity index (χ4n) is 0.723. The number of ether oxygens (including phenoxy) is 1. The quantitative estimate of drug-likeness (QED) is 0.853. The van der Waals surface area contributed by atoms with E-state index in [9.17, 15) is 4.79 Å². The minimum absolute atomic E-state index is 0.344. The Balaban J connectivity index is 2.82. The minimum atomic E-state index is -0.344. The summed E-state index contributed by atoms with van der Waals surface area (Å²) in [5.41, 5.74) is 0.440. The monoisotopic (exact) mass is 295 g/mol. The lowest BCUT2D eigenvalue weighted by molar-refractivity contribution is 0.0520. The summed E-state index contributed by atoms with van der Waals surface area (Å²) in [6, 6.07) is 1.67. The highest BCUT2D eigenvalue weighted by Gasteiger charge is 2.10. The number of carbonyl (C=O) groups excluding carboxylic acids is 1. The predicted octanol–water partition coefficient (Wildman–Crippen LogP) is 2.72. The normalized spacial score (nSPS) is 9.92.